The quantitative estimate of drug-likeness (QED) is 0.806. The molecule has 4 rings (SSSR count). The largest absolute Gasteiger partial charge is 0.351 e. The Morgan fingerprint density at radius 3 is 2.91 bits per heavy atom. The van der Waals surface area contributed by atoms with Gasteiger partial charge < -0.3 is 9.88 Å². The normalized spacial score (nSPS) is 15.2. The average molecular weight is 289 g/mol. The molecular weight excluding hydrogens is 274 g/mol. The molecule has 1 unspecified atom stereocenters. The standard InChI is InChI=1S/C18H15N3O/c22-18(13-5-3-9-19-11-13)20-12-15-14-6-1-2-7-16(14)21-10-4-8-17(15)21/h1-11,15H,12H2,(H,20,22). The number of rotatable bonds is 3. The summed E-state index contributed by atoms with van der Waals surface area (Å²) in [5, 5.41) is 3.02. The first-order chi connectivity index (χ1) is 10.8. The summed E-state index contributed by atoms with van der Waals surface area (Å²) < 4.78 is 2.19. The predicted octanol–water partition coefficient (Wildman–Crippen LogP) is 2.75. The molecule has 0 bridgehead atoms. The Bertz CT molecular complexity index is 823. The van der Waals surface area contributed by atoms with Crippen LogP contribution in [0.15, 0.2) is 67.1 Å². The summed E-state index contributed by atoms with van der Waals surface area (Å²) in [6.07, 6.45) is 5.31. The Kier molecular flexibility index (Phi) is 3.00. The van der Waals surface area contributed by atoms with Gasteiger partial charge in [-0.2, -0.15) is 0 Å². The van der Waals surface area contributed by atoms with Crippen molar-refractivity contribution in [1.29, 1.82) is 0 Å². The molecule has 0 aliphatic carbocycles. The van der Waals surface area contributed by atoms with Crippen LogP contribution >= 0.6 is 0 Å². The van der Waals surface area contributed by atoms with Crippen molar-refractivity contribution in [3.8, 4) is 5.69 Å². The second-order valence-electron chi connectivity index (χ2n) is 5.37. The van der Waals surface area contributed by atoms with Gasteiger partial charge in [-0.05, 0) is 35.9 Å². The van der Waals surface area contributed by atoms with Gasteiger partial charge in [0.25, 0.3) is 5.91 Å². The van der Waals surface area contributed by atoms with E-state index < -0.39 is 0 Å². The molecule has 0 spiro atoms. The van der Waals surface area contributed by atoms with Gasteiger partial charge in [0.05, 0.1) is 5.56 Å². The number of hydrogen-bond acceptors (Lipinski definition) is 2. The Hall–Kier alpha value is -2.88. The lowest BCUT2D eigenvalue weighted by atomic mass is 9.97. The minimum atomic E-state index is -0.0874. The molecule has 1 aliphatic heterocycles. The molecule has 1 N–H and O–H groups in total. The Morgan fingerprint density at radius 1 is 1.14 bits per heavy atom. The van der Waals surface area contributed by atoms with E-state index in [1.54, 1.807) is 24.5 Å². The van der Waals surface area contributed by atoms with Gasteiger partial charge >= 0.3 is 0 Å². The smallest absolute Gasteiger partial charge is 0.252 e. The first kappa shape index (κ1) is 12.8. The molecule has 2 aromatic heterocycles. The number of carbonyl (C=O) groups excluding carboxylic acids is 1. The van der Waals surface area contributed by atoms with Crippen molar-refractivity contribution < 1.29 is 4.79 Å². The number of pyridine rings is 1. The molecule has 108 valence electrons. The van der Waals surface area contributed by atoms with Crippen LogP contribution in [0.3, 0.4) is 0 Å². The van der Waals surface area contributed by atoms with E-state index in [0.717, 1.165) is 0 Å². The van der Waals surface area contributed by atoms with Gasteiger partial charge in [0, 0.05) is 42.4 Å². The van der Waals surface area contributed by atoms with Gasteiger partial charge in [-0.3, -0.25) is 9.78 Å². The molecule has 0 radical (unpaired) electrons. The number of nitrogens with one attached hydrogen (secondary N) is 1. The fraction of sp³-hybridized carbons (Fsp3) is 0.111. The van der Waals surface area contributed by atoms with E-state index in [0.29, 0.717) is 12.1 Å². The maximum Gasteiger partial charge on any atom is 0.252 e. The van der Waals surface area contributed by atoms with Crippen LogP contribution in [0, 0.1) is 0 Å². The molecule has 0 fully saturated rings. The van der Waals surface area contributed by atoms with Crippen LogP contribution in [-0.4, -0.2) is 22.0 Å². The van der Waals surface area contributed by atoms with Crippen molar-refractivity contribution in [3.63, 3.8) is 0 Å². The second kappa shape index (κ2) is 5.15. The summed E-state index contributed by atoms with van der Waals surface area (Å²) >= 11 is 0. The van der Waals surface area contributed by atoms with Crippen LogP contribution in [0.1, 0.15) is 27.5 Å². The van der Waals surface area contributed by atoms with Crippen molar-refractivity contribution in [2.75, 3.05) is 6.54 Å². The van der Waals surface area contributed by atoms with Crippen LogP contribution in [0.25, 0.3) is 5.69 Å². The van der Waals surface area contributed by atoms with Gasteiger partial charge in [0.1, 0.15) is 0 Å². The van der Waals surface area contributed by atoms with Crippen LogP contribution < -0.4 is 5.32 Å². The molecule has 0 saturated heterocycles. The van der Waals surface area contributed by atoms with Crippen LogP contribution in [0.4, 0.5) is 0 Å². The van der Waals surface area contributed by atoms with Crippen molar-refractivity contribution in [2.24, 2.45) is 0 Å². The van der Waals surface area contributed by atoms with Gasteiger partial charge in [-0.25, -0.2) is 0 Å². The third-order valence-corrected chi connectivity index (χ3v) is 4.10. The molecule has 1 aliphatic rings. The maximum atomic E-state index is 12.2. The SMILES string of the molecule is O=C(NCC1c2ccccc2-n2cccc21)c1cccnc1. The van der Waals surface area contributed by atoms with E-state index in [1.165, 1.54) is 16.9 Å². The number of hydrogen-bond donors (Lipinski definition) is 1. The first-order valence-electron chi connectivity index (χ1n) is 7.29. The summed E-state index contributed by atoms with van der Waals surface area (Å²) in [7, 11) is 0. The number of amides is 1. The Morgan fingerprint density at radius 2 is 2.05 bits per heavy atom. The maximum absolute atomic E-state index is 12.2. The van der Waals surface area contributed by atoms with E-state index in [4.69, 9.17) is 0 Å². The topological polar surface area (TPSA) is 46.9 Å². The van der Waals surface area contributed by atoms with Gasteiger partial charge in [-0.15, -0.1) is 0 Å². The van der Waals surface area contributed by atoms with E-state index >= 15 is 0 Å². The summed E-state index contributed by atoms with van der Waals surface area (Å²) in [5.41, 5.74) is 4.25. The van der Waals surface area contributed by atoms with Crippen LogP contribution in [0.5, 0.6) is 0 Å². The number of para-hydroxylation sites is 1. The van der Waals surface area contributed by atoms with E-state index in [9.17, 15) is 4.79 Å². The lowest BCUT2D eigenvalue weighted by molar-refractivity contribution is 0.0952. The summed E-state index contributed by atoms with van der Waals surface area (Å²) in [4.78, 5) is 16.2. The second-order valence-corrected chi connectivity index (χ2v) is 5.37. The molecule has 22 heavy (non-hydrogen) atoms. The van der Waals surface area contributed by atoms with Crippen molar-refractivity contribution in [2.45, 2.75) is 5.92 Å². The van der Waals surface area contributed by atoms with Gasteiger partial charge in [0.15, 0.2) is 0 Å². The van der Waals surface area contributed by atoms with Crippen LogP contribution in [0.2, 0.25) is 0 Å². The van der Waals surface area contributed by atoms with E-state index in [-0.39, 0.29) is 11.8 Å². The zero-order valence-corrected chi connectivity index (χ0v) is 11.9. The molecule has 1 atom stereocenters. The molecule has 3 heterocycles. The third-order valence-electron chi connectivity index (χ3n) is 4.10. The highest BCUT2D eigenvalue weighted by atomic mass is 16.1. The highest BCUT2D eigenvalue weighted by Crippen LogP contribution is 2.37. The highest BCUT2D eigenvalue weighted by Gasteiger charge is 2.28. The van der Waals surface area contributed by atoms with E-state index in [1.807, 2.05) is 18.2 Å². The molecule has 1 aromatic carbocycles. The van der Waals surface area contributed by atoms with Crippen molar-refractivity contribution >= 4 is 5.91 Å². The fourth-order valence-electron chi connectivity index (χ4n) is 3.07. The van der Waals surface area contributed by atoms with Gasteiger partial charge in [0.2, 0.25) is 0 Å². The monoisotopic (exact) mass is 289 g/mol. The minimum absolute atomic E-state index is 0.0874. The lowest BCUT2D eigenvalue weighted by Crippen LogP contribution is -2.28. The molecule has 3 aromatic rings. The zero-order valence-electron chi connectivity index (χ0n) is 11.9. The first-order valence-corrected chi connectivity index (χ1v) is 7.29. The highest BCUT2D eigenvalue weighted by molar-refractivity contribution is 5.93. The molecule has 0 saturated carbocycles. The van der Waals surface area contributed by atoms with Gasteiger partial charge in [-0.1, -0.05) is 18.2 Å². The summed E-state index contributed by atoms with van der Waals surface area (Å²) in [5.74, 6) is 0.0995. The number of fused-ring (bicyclic) bond motifs is 3. The number of benzene rings is 1. The fourth-order valence-corrected chi connectivity index (χ4v) is 3.07. The lowest BCUT2D eigenvalue weighted by Gasteiger charge is -2.13. The number of nitrogens with zero attached hydrogens (tertiary/aromatic N) is 2. The van der Waals surface area contributed by atoms with Crippen LogP contribution in [-0.2, 0) is 0 Å². The zero-order chi connectivity index (χ0) is 14.9. The molecule has 4 nitrogen and oxygen atoms in total. The predicted molar refractivity (Wildman–Crippen MR) is 84.2 cm³/mol. The Labute approximate surface area is 128 Å². The third kappa shape index (κ3) is 2.00. The molecule has 1 amide bonds. The average Bonchev–Trinajstić information content (AvgIpc) is 3.15. The molecule has 4 heteroatoms. The molecular formula is C18H15N3O. The number of carbonyl (C=O) groups is 1. The van der Waals surface area contributed by atoms with E-state index in [2.05, 4.69) is 39.3 Å². The summed E-state index contributed by atoms with van der Waals surface area (Å²) in [6, 6.07) is 16.0. The number of aromatic nitrogens is 2. The van der Waals surface area contributed by atoms with Crippen molar-refractivity contribution in [1.82, 2.24) is 14.9 Å². The van der Waals surface area contributed by atoms with Crippen molar-refractivity contribution in [3.05, 3.63) is 83.9 Å². The summed E-state index contributed by atoms with van der Waals surface area (Å²) in [6.45, 7) is 0.578. The Balaban J connectivity index is 1.58. The minimum Gasteiger partial charge on any atom is -0.351 e.